The maximum Gasteiger partial charge on any atom is 0.0991 e. The highest BCUT2D eigenvalue weighted by Crippen LogP contribution is 2.10. The van der Waals surface area contributed by atoms with Crippen LogP contribution in [0.2, 0.25) is 0 Å². The van der Waals surface area contributed by atoms with E-state index in [2.05, 4.69) is 28.9 Å². The Morgan fingerprint density at radius 3 is 2.92 bits per heavy atom. The second-order valence-electron chi connectivity index (χ2n) is 2.80. The number of alkyl halides is 1. The number of nitrogens with zero attached hydrogens (tertiary/aromatic N) is 1. The normalized spacial score (nSPS) is 12.1. The zero-order chi connectivity index (χ0) is 8.97. The predicted octanol–water partition coefficient (Wildman–Crippen LogP) is 2.88. The van der Waals surface area contributed by atoms with Crippen molar-refractivity contribution < 1.29 is 0 Å². The number of benzene rings is 1. The van der Waals surface area contributed by atoms with Crippen LogP contribution in [0.25, 0.3) is 0 Å². The molecular weight excluding hydrogens is 214 g/mol. The Balaban J connectivity index is 2.81. The summed E-state index contributed by atoms with van der Waals surface area (Å²) >= 11 is 3.47. The fraction of sp³-hybridized carbons (Fsp3) is 0.300. The van der Waals surface area contributed by atoms with E-state index in [4.69, 9.17) is 5.26 Å². The van der Waals surface area contributed by atoms with E-state index < -0.39 is 0 Å². The van der Waals surface area contributed by atoms with Crippen LogP contribution in [0, 0.1) is 11.3 Å². The Morgan fingerprint density at radius 2 is 2.33 bits per heavy atom. The van der Waals surface area contributed by atoms with Gasteiger partial charge in [-0.3, -0.25) is 0 Å². The van der Waals surface area contributed by atoms with Gasteiger partial charge < -0.3 is 0 Å². The van der Waals surface area contributed by atoms with Gasteiger partial charge in [0.1, 0.15) is 0 Å². The van der Waals surface area contributed by atoms with Gasteiger partial charge in [0.05, 0.1) is 11.6 Å². The van der Waals surface area contributed by atoms with E-state index in [1.807, 2.05) is 24.3 Å². The van der Waals surface area contributed by atoms with E-state index in [1.165, 1.54) is 5.56 Å². The second-order valence-corrected chi connectivity index (χ2v) is 4.36. The molecule has 0 heterocycles. The minimum atomic E-state index is 0.464. The lowest BCUT2D eigenvalue weighted by atomic mass is 10.1. The molecule has 0 aliphatic rings. The molecule has 0 aliphatic carbocycles. The van der Waals surface area contributed by atoms with Crippen LogP contribution in [0.15, 0.2) is 24.3 Å². The van der Waals surface area contributed by atoms with Crippen molar-refractivity contribution in [2.75, 3.05) is 0 Å². The standard InChI is InChI=1S/C10H10BrN/c1-8(11)5-9-3-2-4-10(6-9)7-12/h2-4,6,8H,5H2,1H3. The minimum absolute atomic E-state index is 0.464. The molecule has 0 saturated carbocycles. The molecule has 0 N–H and O–H groups in total. The Morgan fingerprint density at radius 1 is 1.58 bits per heavy atom. The molecule has 0 aromatic heterocycles. The molecule has 1 atom stereocenters. The summed E-state index contributed by atoms with van der Waals surface area (Å²) in [5.41, 5.74) is 1.94. The quantitative estimate of drug-likeness (QED) is 0.708. The third-order valence-corrected chi connectivity index (χ3v) is 1.90. The van der Waals surface area contributed by atoms with Crippen LogP contribution in [0.5, 0.6) is 0 Å². The van der Waals surface area contributed by atoms with Crippen molar-refractivity contribution in [3.05, 3.63) is 35.4 Å². The molecular formula is C10H10BrN. The van der Waals surface area contributed by atoms with Crippen molar-refractivity contribution in [3.63, 3.8) is 0 Å². The van der Waals surface area contributed by atoms with E-state index in [-0.39, 0.29) is 0 Å². The van der Waals surface area contributed by atoms with Gasteiger partial charge in [-0.05, 0) is 24.1 Å². The van der Waals surface area contributed by atoms with Crippen LogP contribution < -0.4 is 0 Å². The third-order valence-electron chi connectivity index (χ3n) is 1.57. The summed E-state index contributed by atoms with van der Waals surface area (Å²) in [5, 5.41) is 8.63. The molecule has 2 heteroatoms. The summed E-state index contributed by atoms with van der Waals surface area (Å²) in [6.45, 7) is 2.10. The molecule has 0 saturated heterocycles. The highest BCUT2D eigenvalue weighted by atomic mass is 79.9. The van der Waals surface area contributed by atoms with Gasteiger partial charge in [-0.1, -0.05) is 35.0 Å². The van der Waals surface area contributed by atoms with Crippen molar-refractivity contribution in [2.45, 2.75) is 18.2 Å². The topological polar surface area (TPSA) is 23.8 Å². The van der Waals surface area contributed by atoms with Gasteiger partial charge in [-0.25, -0.2) is 0 Å². The molecule has 1 rings (SSSR count). The Kier molecular flexibility index (Phi) is 3.31. The van der Waals surface area contributed by atoms with Gasteiger partial charge in [-0.2, -0.15) is 5.26 Å². The first-order valence-electron chi connectivity index (χ1n) is 3.85. The van der Waals surface area contributed by atoms with E-state index in [1.54, 1.807) is 0 Å². The number of rotatable bonds is 2. The van der Waals surface area contributed by atoms with E-state index in [0.29, 0.717) is 4.83 Å². The van der Waals surface area contributed by atoms with Crippen molar-refractivity contribution in [1.29, 1.82) is 5.26 Å². The Bertz CT molecular complexity index is 299. The molecule has 0 spiro atoms. The van der Waals surface area contributed by atoms with Crippen molar-refractivity contribution in [3.8, 4) is 6.07 Å². The van der Waals surface area contributed by atoms with E-state index >= 15 is 0 Å². The van der Waals surface area contributed by atoms with Crippen LogP contribution in [0.3, 0.4) is 0 Å². The molecule has 1 aromatic carbocycles. The summed E-state index contributed by atoms with van der Waals surface area (Å²) in [7, 11) is 0. The molecule has 1 unspecified atom stereocenters. The largest absolute Gasteiger partial charge is 0.192 e. The lowest BCUT2D eigenvalue weighted by Gasteiger charge is -2.02. The number of halogens is 1. The SMILES string of the molecule is CC(Br)Cc1cccc(C#N)c1. The van der Waals surface area contributed by atoms with Gasteiger partial charge in [0, 0.05) is 4.83 Å². The number of hydrogen-bond donors (Lipinski definition) is 0. The van der Waals surface area contributed by atoms with Crippen LogP contribution in [0.4, 0.5) is 0 Å². The van der Waals surface area contributed by atoms with Crippen molar-refractivity contribution >= 4 is 15.9 Å². The third kappa shape index (κ3) is 2.67. The van der Waals surface area contributed by atoms with Crippen LogP contribution >= 0.6 is 15.9 Å². The number of nitriles is 1. The molecule has 0 amide bonds. The van der Waals surface area contributed by atoms with Crippen LogP contribution in [-0.2, 0) is 6.42 Å². The fourth-order valence-electron chi connectivity index (χ4n) is 1.09. The summed E-state index contributed by atoms with van der Waals surface area (Å²) in [4.78, 5) is 0.464. The average molecular weight is 224 g/mol. The predicted molar refractivity (Wildman–Crippen MR) is 53.3 cm³/mol. The van der Waals surface area contributed by atoms with Crippen molar-refractivity contribution in [1.82, 2.24) is 0 Å². The molecule has 0 radical (unpaired) electrons. The zero-order valence-electron chi connectivity index (χ0n) is 6.92. The number of hydrogen-bond acceptors (Lipinski definition) is 1. The van der Waals surface area contributed by atoms with Gasteiger partial charge in [0.2, 0.25) is 0 Å². The van der Waals surface area contributed by atoms with Gasteiger partial charge in [0.25, 0.3) is 0 Å². The van der Waals surface area contributed by atoms with Crippen LogP contribution in [0.1, 0.15) is 18.1 Å². The summed E-state index contributed by atoms with van der Waals surface area (Å²) < 4.78 is 0. The average Bonchev–Trinajstić information content (AvgIpc) is 2.03. The summed E-state index contributed by atoms with van der Waals surface area (Å²) in [6.07, 6.45) is 0.968. The lowest BCUT2D eigenvalue weighted by Crippen LogP contribution is -1.96. The molecule has 12 heavy (non-hydrogen) atoms. The second kappa shape index (κ2) is 4.27. The summed E-state index contributed by atoms with van der Waals surface area (Å²) in [6, 6.07) is 9.84. The highest BCUT2D eigenvalue weighted by Gasteiger charge is 1.99. The first kappa shape index (κ1) is 9.28. The van der Waals surface area contributed by atoms with E-state index in [0.717, 1.165) is 12.0 Å². The Hall–Kier alpha value is -0.810. The first-order chi connectivity index (χ1) is 5.72. The van der Waals surface area contributed by atoms with Gasteiger partial charge >= 0.3 is 0 Å². The molecule has 0 aliphatic heterocycles. The maximum atomic E-state index is 8.63. The zero-order valence-corrected chi connectivity index (χ0v) is 8.51. The van der Waals surface area contributed by atoms with E-state index in [9.17, 15) is 0 Å². The lowest BCUT2D eigenvalue weighted by molar-refractivity contribution is 0.959. The molecule has 0 bridgehead atoms. The van der Waals surface area contributed by atoms with Crippen molar-refractivity contribution in [2.24, 2.45) is 0 Å². The highest BCUT2D eigenvalue weighted by molar-refractivity contribution is 9.09. The van der Waals surface area contributed by atoms with Crippen LogP contribution in [-0.4, -0.2) is 4.83 Å². The minimum Gasteiger partial charge on any atom is -0.192 e. The molecule has 1 aromatic rings. The smallest absolute Gasteiger partial charge is 0.0991 e. The molecule has 1 nitrogen and oxygen atoms in total. The molecule has 0 fully saturated rings. The maximum absolute atomic E-state index is 8.63. The first-order valence-corrected chi connectivity index (χ1v) is 4.77. The summed E-state index contributed by atoms with van der Waals surface area (Å²) in [5.74, 6) is 0. The molecule has 62 valence electrons. The van der Waals surface area contributed by atoms with Gasteiger partial charge in [-0.15, -0.1) is 0 Å². The fourth-order valence-corrected chi connectivity index (χ4v) is 1.47. The Labute approximate surface area is 81.2 Å². The van der Waals surface area contributed by atoms with Gasteiger partial charge in [0.15, 0.2) is 0 Å². The monoisotopic (exact) mass is 223 g/mol.